The highest BCUT2D eigenvalue weighted by molar-refractivity contribution is 5.46. The third-order valence-electron chi connectivity index (χ3n) is 5.35. The molecule has 4 nitrogen and oxygen atoms in total. The van der Waals surface area contributed by atoms with Crippen molar-refractivity contribution in [3.63, 3.8) is 0 Å². The van der Waals surface area contributed by atoms with E-state index in [1.54, 1.807) is 6.41 Å². The van der Waals surface area contributed by atoms with E-state index in [-0.39, 0.29) is 10.8 Å². The lowest BCUT2D eigenvalue weighted by atomic mass is 9.76. The minimum Gasteiger partial charge on any atom is -0.493 e. The zero-order valence-corrected chi connectivity index (χ0v) is 16.8. The Morgan fingerprint density at radius 2 is 1.72 bits per heavy atom. The summed E-state index contributed by atoms with van der Waals surface area (Å²) in [5.74, 6) is 0.995. The van der Waals surface area contributed by atoms with Crippen LogP contribution in [0.4, 0.5) is 0 Å². The predicted molar refractivity (Wildman–Crippen MR) is 105 cm³/mol. The van der Waals surface area contributed by atoms with Crippen molar-refractivity contribution in [2.45, 2.75) is 78.1 Å². The SMILES string of the molecule is CCC(C)(C)c1ccc(OCCCCNN[C]=O)c(C(C)(C)CC)c1. The molecule has 4 heteroatoms. The number of carbonyl (C=O) groups excluding carboxylic acids is 1. The molecular formula is C21H35N2O2. The monoisotopic (exact) mass is 347 g/mol. The second-order valence-corrected chi connectivity index (χ2v) is 7.90. The summed E-state index contributed by atoms with van der Waals surface area (Å²) in [5, 5.41) is 0. The fraction of sp³-hybridized carbons (Fsp3) is 0.667. The molecule has 0 aromatic heterocycles. The van der Waals surface area contributed by atoms with Gasteiger partial charge in [-0.2, -0.15) is 0 Å². The zero-order chi connectivity index (χ0) is 18.9. The molecule has 141 valence electrons. The molecule has 0 atom stereocenters. The van der Waals surface area contributed by atoms with Crippen LogP contribution in [-0.4, -0.2) is 19.6 Å². The maximum absolute atomic E-state index is 10.0. The van der Waals surface area contributed by atoms with E-state index < -0.39 is 0 Å². The van der Waals surface area contributed by atoms with Gasteiger partial charge in [0.15, 0.2) is 0 Å². The van der Waals surface area contributed by atoms with Gasteiger partial charge < -0.3 is 4.74 Å². The first-order chi connectivity index (χ1) is 11.8. The molecule has 1 aromatic carbocycles. The minimum atomic E-state index is 0.0838. The lowest BCUT2D eigenvalue weighted by Crippen LogP contribution is -2.31. The van der Waals surface area contributed by atoms with E-state index in [1.165, 1.54) is 11.1 Å². The van der Waals surface area contributed by atoms with Gasteiger partial charge in [-0.05, 0) is 48.1 Å². The van der Waals surface area contributed by atoms with Crippen LogP contribution >= 0.6 is 0 Å². The van der Waals surface area contributed by atoms with Crippen molar-refractivity contribution in [2.24, 2.45) is 0 Å². The summed E-state index contributed by atoms with van der Waals surface area (Å²) in [7, 11) is 0. The van der Waals surface area contributed by atoms with Crippen molar-refractivity contribution >= 4 is 6.41 Å². The van der Waals surface area contributed by atoms with Gasteiger partial charge in [0.25, 0.3) is 0 Å². The highest BCUT2D eigenvalue weighted by Gasteiger charge is 2.26. The number of hydrazine groups is 1. The molecule has 0 fully saturated rings. The number of benzene rings is 1. The van der Waals surface area contributed by atoms with E-state index in [0.717, 1.165) is 38.0 Å². The van der Waals surface area contributed by atoms with Gasteiger partial charge in [-0.1, -0.05) is 53.7 Å². The number of amides is 1. The molecule has 1 amide bonds. The van der Waals surface area contributed by atoms with Crippen LogP contribution in [0.3, 0.4) is 0 Å². The highest BCUT2D eigenvalue weighted by atomic mass is 16.5. The van der Waals surface area contributed by atoms with E-state index in [2.05, 4.69) is 70.6 Å². The minimum absolute atomic E-state index is 0.0838. The number of hydrogen-bond donors (Lipinski definition) is 2. The summed E-state index contributed by atoms with van der Waals surface area (Å²) >= 11 is 0. The molecule has 1 aromatic rings. The van der Waals surface area contributed by atoms with Crippen molar-refractivity contribution in [3.8, 4) is 5.75 Å². The highest BCUT2D eigenvalue weighted by Crippen LogP contribution is 2.38. The summed E-state index contributed by atoms with van der Waals surface area (Å²) in [6, 6.07) is 6.69. The van der Waals surface area contributed by atoms with Gasteiger partial charge >= 0.3 is 6.41 Å². The maximum atomic E-state index is 10.0. The van der Waals surface area contributed by atoms with Gasteiger partial charge in [0.1, 0.15) is 5.75 Å². The molecule has 0 bridgehead atoms. The van der Waals surface area contributed by atoms with Crippen LogP contribution in [-0.2, 0) is 15.6 Å². The molecule has 0 saturated carbocycles. The van der Waals surface area contributed by atoms with Crippen LogP contribution in [0, 0.1) is 0 Å². The number of unbranched alkanes of at least 4 members (excludes halogenated alkanes) is 1. The molecule has 0 aliphatic carbocycles. The number of hydrogen-bond acceptors (Lipinski definition) is 3. The molecule has 1 rings (SSSR count). The number of rotatable bonds is 12. The van der Waals surface area contributed by atoms with Gasteiger partial charge in [0, 0.05) is 12.1 Å². The Bertz CT molecular complexity index is 539. The fourth-order valence-corrected chi connectivity index (χ4v) is 2.60. The first-order valence-corrected chi connectivity index (χ1v) is 9.41. The molecule has 1 radical (unpaired) electrons. The van der Waals surface area contributed by atoms with E-state index in [4.69, 9.17) is 4.74 Å². The molecule has 0 spiro atoms. The average Bonchev–Trinajstić information content (AvgIpc) is 2.60. The zero-order valence-electron chi connectivity index (χ0n) is 16.8. The van der Waals surface area contributed by atoms with Crippen molar-refractivity contribution in [1.82, 2.24) is 10.9 Å². The maximum Gasteiger partial charge on any atom is 0.324 e. The van der Waals surface area contributed by atoms with Gasteiger partial charge in [0.05, 0.1) is 6.61 Å². The first-order valence-electron chi connectivity index (χ1n) is 9.41. The summed E-state index contributed by atoms with van der Waals surface area (Å²) in [6.45, 7) is 15.0. The molecule has 0 saturated heterocycles. The third kappa shape index (κ3) is 6.35. The largest absolute Gasteiger partial charge is 0.493 e. The quantitative estimate of drug-likeness (QED) is 0.335. The van der Waals surface area contributed by atoms with Gasteiger partial charge in [0.2, 0.25) is 0 Å². The van der Waals surface area contributed by atoms with Crippen molar-refractivity contribution in [3.05, 3.63) is 29.3 Å². The van der Waals surface area contributed by atoms with Crippen LogP contribution in [0.5, 0.6) is 5.75 Å². The van der Waals surface area contributed by atoms with E-state index in [1.807, 2.05) is 0 Å². The normalized spacial score (nSPS) is 12.1. The van der Waals surface area contributed by atoms with Crippen LogP contribution in [0.15, 0.2) is 18.2 Å². The average molecular weight is 348 g/mol. The fourth-order valence-electron chi connectivity index (χ4n) is 2.60. The number of ether oxygens (including phenoxy) is 1. The molecule has 25 heavy (non-hydrogen) atoms. The van der Waals surface area contributed by atoms with Crippen molar-refractivity contribution in [2.75, 3.05) is 13.2 Å². The summed E-state index contributed by atoms with van der Waals surface area (Å²) in [4.78, 5) is 10.0. The Hall–Kier alpha value is -1.55. The number of nitrogens with one attached hydrogen (secondary N) is 2. The molecule has 0 aliphatic rings. The van der Waals surface area contributed by atoms with Gasteiger partial charge in [-0.3, -0.25) is 10.2 Å². The molecular weight excluding hydrogens is 312 g/mol. The Morgan fingerprint density at radius 1 is 1.04 bits per heavy atom. The second kappa shape index (κ2) is 9.81. The van der Waals surface area contributed by atoms with Gasteiger partial charge in [-0.15, -0.1) is 0 Å². The van der Waals surface area contributed by atoms with E-state index >= 15 is 0 Å². The summed E-state index contributed by atoms with van der Waals surface area (Å²) in [6.07, 6.45) is 5.64. The molecule has 0 heterocycles. The molecule has 2 N–H and O–H groups in total. The van der Waals surface area contributed by atoms with Crippen LogP contribution < -0.4 is 15.6 Å². The standard InChI is InChI=1S/C21H35N2O2/c1-7-20(3,4)17-11-12-19(18(15-17)21(5,6)8-2)25-14-10-9-13-22-23-16-24/h11-12,15,22H,7-10,13-14H2,1-6H3,(H,23,24). The predicted octanol–water partition coefficient (Wildman–Crippen LogP) is 4.38. The third-order valence-corrected chi connectivity index (χ3v) is 5.35. The van der Waals surface area contributed by atoms with Crippen molar-refractivity contribution < 1.29 is 9.53 Å². The Labute approximate surface area is 153 Å². The van der Waals surface area contributed by atoms with Crippen LogP contribution in [0.1, 0.15) is 78.4 Å². The van der Waals surface area contributed by atoms with Gasteiger partial charge in [-0.25, -0.2) is 5.43 Å². The molecule has 0 aliphatic heterocycles. The Kier molecular flexibility index (Phi) is 8.43. The Balaban J connectivity index is 2.83. The van der Waals surface area contributed by atoms with E-state index in [0.29, 0.717) is 6.61 Å². The Morgan fingerprint density at radius 3 is 2.32 bits per heavy atom. The summed E-state index contributed by atoms with van der Waals surface area (Å²) < 4.78 is 6.11. The van der Waals surface area contributed by atoms with Crippen molar-refractivity contribution in [1.29, 1.82) is 0 Å². The smallest absolute Gasteiger partial charge is 0.324 e. The lowest BCUT2D eigenvalue weighted by Gasteiger charge is -2.30. The molecule has 0 unspecified atom stereocenters. The van der Waals surface area contributed by atoms with Crippen LogP contribution in [0.2, 0.25) is 0 Å². The first kappa shape index (κ1) is 21.5. The van der Waals surface area contributed by atoms with Crippen LogP contribution in [0.25, 0.3) is 0 Å². The van der Waals surface area contributed by atoms with E-state index in [9.17, 15) is 4.79 Å². The summed E-state index contributed by atoms with van der Waals surface area (Å²) in [5.41, 5.74) is 8.03. The lowest BCUT2D eigenvalue weighted by molar-refractivity contribution is 0.295. The topological polar surface area (TPSA) is 50.4 Å². The second-order valence-electron chi connectivity index (χ2n) is 7.90.